The van der Waals surface area contributed by atoms with Gasteiger partial charge in [-0.2, -0.15) is 0 Å². The van der Waals surface area contributed by atoms with E-state index in [0.29, 0.717) is 11.3 Å². The highest BCUT2D eigenvalue weighted by Gasteiger charge is 2.14. The summed E-state index contributed by atoms with van der Waals surface area (Å²) in [7, 11) is 1.48. The molecule has 106 valence electrons. The number of hydrogen-bond acceptors (Lipinski definition) is 3. The Kier molecular flexibility index (Phi) is 6.19. The Morgan fingerprint density at radius 1 is 1.32 bits per heavy atom. The van der Waals surface area contributed by atoms with E-state index in [4.69, 9.17) is 4.74 Å². The van der Waals surface area contributed by atoms with E-state index in [0.717, 1.165) is 25.7 Å². The smallest absolute Gasteiger partial charge is 0.251 e. The third kappa shape index (κ3) is 4.47. The Bertz CT molecular complexity index is 412. The van der Waals surface area contributed by atoms with Crippen molar-refractivity contribution in [2.24, 2.45) is 0 Å². The van der Waals surface area contributed by atoms with Crippen LogP contribution in [0.3, 0.4) is 0 Å². The zero-order valence-electron chi connectivity index (χ0n) is 11.9. The molecular weight excluding hydrogens is 242 g/mol. The van der Waals surface area contributed by atoms with E-state index in [9.17, 15) is 9.90 Å². The summed E-state index contributed by atoms with van der Waals surface area (Å²) in [5, 5.41) is 12.7. The summed E-state index contributed by atoms with van der Waals surface area (Å²) in [6.45, 7) is 4.21. The fraction of sp³-hybridized carbons (Fsp3) is 0.533. The van der Waals surface area contributed by atoms with Gasteiger partial charge in [-0.1, -0.05) is 26.7 Å². The molecule has 0 bridgehead atoms. The van der Waals surface area contributed by atoms with Crippen LogP contribution in [0.4, 0.5) is 0 Å². The van der Waals surface area contributed by atoms with Crippen LogP contribution < -0.4 is 10.1 Å². The zero-order chi connectivity index (χ0) is 14.3. The average Bonchev–Trinajstić information content (AvgIpc) is 2.39. The lowest BCUT2D eigenvalue weighted by atomic mass is 10.1. The summed E-state index contributed by atoms with van der Waals surface area (Å²) in [6.07, 6.45) is 4.03. The number of carbonyl (C=O) groups is 1. The van der Waals surface area contributed by atoms with Gasteiger partial charge in [-0.15, -0.1) is 0 Å². The van der Waals surface area contributed by atoms with Gasteiger partial charge in [-0.3, -0.25) is 4.79 Å². The fourth-order valence-electron chi connectivity index (χ4n) is 2.09. The number of carbonyl (C=O) groups excluding carboxylic acids is 1. The van der Waals surface area contributed by atoms with E-state index >= 15 is 0 Å². The molecule has 4 heteroatoms. The van der Waals surface area contributed by atoms with Gasteiger partial charge in [-0.25, -0.2) is 0 Å². The van der Waals surface area contributed by atoms with Gasteiger partial charge in [0, 0.05) is 11.6 Å². The molecule has 4 nitrogen and oxygen atoms in total. The maximum Gasteiger partial charge on any atom is 0.251 e. The highest BCUT2D eigenvalue weighted by molar-refractivity contribution is 5.95. The van der Waals surface area contributed by atoms with Gasteiger partial charge in [0.25, 0.3) is 5.91 Å². The topological polar surface area (TPSA) is 58.6 Å². The Labute approximate surface area is 114 Å². The lowest BCUT2D eigenvalue weighted by Gasteiger charge is -2.17. The number of aromatic hydroxyl groups is 1. The van der Waals surface area contributed by atoms with Crippen LogP contribution in [-0.4, -0.2) is 24.2 Å². The zero-order valence-corrected chi connectivity index (χ0v) is 11.9. The predicted molar refractivity (Wildman–Crippen MR) is 75.7 cm³/mol. The van der Waals surface area contributed by atoms with Gasteiger partial charge in [0.15, 0.2) is 11.5 Å². The van der Waals surface area contributed by atoms with Crippen molar-refractivity contribution >= 4 is 5.91 Å². The van der Waals surface area contributed by atoms with Crippen LogP contribution in [0.1, 0.15) is 49.9 Å². The summed E-state index contributed by atoms with van der Waals surface area (Å²) < 4.78 is 4.96. The maximum atomic E-state index is 12.1. The minimum absolute atomic E-state index is 0.0160. The number of nitrogens with one attached hydrogen (secondary N) is 1. The standard InChI is InChI=1S/C15H23NO3/c1-4-6-12(7-5-2)16-15(18)11-8-9-14(19-3)13(17)10-11/h8-10,12,17H,4-7H2,1-3H3,(H,16,18). The van der Waals surface area contributed by atoms with E-state index in [2.05, 4.69) is 19.2 Å². The van der Waals surface area contributed by atoms with Crippen LogP contribution in [0.25, 0.3) is 0 Å². The van der Waals surface area contributed by atoms with E-state index in [1.54, 1.807) is 12.1 Å². The van der Waals surface area contributed by atoms with Crippen molar-refractivity contribution in [2.75, 3.05) is 7.11 Å². The Morgan fingerprint density at radius 2 is 1.95 bits per heavy atom. The number of benzene rings is 1. The highest BCUT2D eigenvalue weighted by Crippen LogP contribution is 2.26. The number of phenols is 1. The first-order valence-electron chi connectivity index (χ1n) is 6.80. The summed E-state index contributed by atoms with van der Waals surface area (Å²) >= 11 is 0. The number of phenolic OH excluding ortho intramolecular Hbond substituents is 1. The van der Waals surface area contributed by atoms with Crippen molar-refractivity contribution in [3.05, 3.63) is 23.8 Å². The monoisotopic (exact) mass is 265 g/mol. The number of hydrogen-bond donors (Lipinski definition) is 2. The minimum atomic E-state index is -0.148. The van der Waals surface area contributed by atoms with Gasteiger partial charge in [-0.05, 0) is 31.0 Å². The molecule has 0 radical (unpaired) electrons. The number of ether oxygens (including phenoxy) is 1. The molecule has 0 spiro atoms. The molecule has 0 aliphatic carbocycles. The van der Waals surface area contributed by atoms with E-state index in [1.165, 1.54) is 13.2 Å². The molecule has 0 aromatic heterocycles. The molecule has 2 N–H and O–H groups in total. The number of rotatable bonds is 7. The van der Waals surface area contributed by atoms with Crippen LogP contribution in [-0.2, 0) is 0 Å². The molecule has 0 heterocycles. The first-order chi connectivity index (χ1) is 9.12. The molecule has 1 aromatic carbocycles. The predicted octanol–water partition coefficient (Wildman–Crippen LogP) is 3.10. The van der Waals surface area contributed by atoms with E-state index in [1.807, 2.05) is 0 Å². The Balaban J connectivity index is 2.73. The first kappa shape index (κ1) is 15.3. The summed E-state index contributed by atoms with van der Waals surface area (Å²) in [4.78, 5) is 12.1. The molecule has 1 amide bonds. The van der Waals surface area contributed by atoms with Gasteiger partial charge >= 0.3 is 0 Å². The maximum absolute atomic E-state index is 12.1. The summed E-state index contributed by atoms with van der Waals surface area (Å²) in [6, 6.07) is 4.89. The quantitative estimate of drug-likeness (QED) is 0.796. The van der Waals surface area contributed by atoms with Crippen molar-refractivity contribution in [2.45, 2.75) is 45.6 Å². The SMILES string of the molecule is CCCC(CCC)NC(=O)c1ccc(OC)c(O)c1. The van der Waals surface area contributed by atoms with Crippen LogP contribution in [0.5, 0.6) is 11.5 Å². The van der Waals surface area contributed by atoms with Gasteiger partial charge in [0.05, 0.1) is 7.11 Å². The van der Waals surface area contributed by atoms with Crippen molar-refractivity contribution in [1.29, 1.82) is 0 Å². The summed E-state index contributed by atoms with van der Waals surface area (Å²) in [5.74, 6) is 0.206. The third-order valence-corrected chi connectivity index (χ3v) is 3.05. The number of methoxy groups -OCH3 is 1. The molecule has 1 aromatic rings. The summed E-state index contributed by atoms with van der Waals surface area (Å²) in [5.41, 5.74) is 0.454. The molecule has 0 unspecified atom stereocenters. The molecular formula is C15H23NO3. The second-order valence-electron chi connectivity index (χ2n) is 4.63. The lowest BCUT2D eigenvalue weighted by Crippen LogP contribution is -2.34. The van der Waals surface area contributed by atoms with Gasteiger partial charge in [0.2, 0.25) is 0 Å². The first-order valence-corrected chi connectivity index (χ1v) is 6.80. The van der Waals surface area contributed by atoms with E-state index < -0.39 is 0 Å². The fourth-order valence-corrected chi connectivity index (χ4v) is 2.09. The van der Waals surface area contributed by atoms with Crippen molar-refractivity contribution in [1.82, 2.24) is 5.32 Å². The van der Waals surface area contributed by atoms with Crippen molar-refractivity contribution in [3.63, 3.8) is 0 Å². The molecule has 19 heavy (non-hydrogen) atoms. The van der Waals surface area contributed by atoms with Gasteiger partial charge < -0.3 is 15.2 Å². The normalized spacial score (nSPS) is 10.5. The highest BCUT2D eigenvalue weighted by atomic mass is 16.5. The molecule has 0 atom stereocenters. The lowest BCUT2D eigenvalue weighted by molar-refractivity contribution is 0.0932. The Hall–Kier alpha value is -1.71. The van der Waals surface area contributed by atoms with E-state index in [-0.39, 0.29) is 17.7 Å². The average molecular weight is 265 g/mol. The Morgan fingerprint density at radius 3 is 2.42 bits per heavy atom. The molecule has 0 aliphatic heterocycles. The molecule has 0 fully saturated rings. The largest absolute Gasteiger partial charge is 0.504 e. The minimum Gasteiger partial charge on any atom is -0.504 e. The molecule has 0 aliphatic rings. The molecule has 0 saturated carbocycles. The van der Waals surface area contributed by atoms with Crippen molar-refractivity contribution in [3.8, 4) is 11.5 Å². The van der Waals surface area contributed by atoms with Crippen molar-refractivity contribution < 1.29 is 14.6 Å². The van der Waals surface area contributed by atoms with Crippen LogP contribution >= 0.6 is 0 Å². The van der Waals surface area contributed by atoms with Gasteiger partial charge in [0.1, 0.15) is 0 Å². The molecule has 0 saturated heterocycles. The molecule has 1 rings (SSSR count). The third-order valence-electron chi connectivity index (χ3n) is 3.05. The van der Waals surface area contributed by atoms with Crippen LogP contribution in [0, 0.1) is 0 Å². The second-order valence-corrected chi connectivity index (χ2v) is 4.63. The van der Waals surface area contributed by atoms with Crippen LogP contribution in [0.2, 0.25) is 0 Å². The number of amides is 1. The second kappa shape index (κ2) is 7.67. The van der Waals surface area contributed by atoms with Crippen LogP contribution in [0.15, 0.2) is 18.2 Å².